The van der Waals surface area contributed by atoms with Crippen LogP contribution < -0.4 is 0 Å². The second kappa shape index (κ2) is 3.66. The predicted octanol–water partition coefficient (Wildman–Crippen LogP) is 0.241. The number of carboxylic acid groups (broad SMARTS) is 1. The molecule has 0 aliphatic rings. The lowest BCUT2D eigenvalue weighted by molar-refractivity contribution is -0.148. The minimum atomic E-state index is -1.58. The fraction of sp³-hybridized carbons (Fsp3) is 0.125. The standard InChI is InChI=1S/C8H7NO4/c10-6(4-7(11)8(12)13)5-2-1-3-9-5/h1-3,9H,4H2,(H,12,13). The number of carbonyl (C=O) groups excluding carboxylic acids is 2. The number of Topliss-reactive ketones (excluding diaryl/α,β-unsaturated/α-hetero) is 2. The Morgan fingerprint density at radius 1 is 1.38 bits per heavy atom. The minimum Gasteiger partial charge on any atom is -0.475 e. The van der Waals surface area contributed by atoms with Crippen molar-refractivity contribution in [3.8, 4) is 0 Å². The summed E-state index contributed by atoms with van der Waals surface area (Å²) in [5.74, 6) is -3.20. The van der Waals surface area contributed by atoms with Crippen LogP contribution in [0.4, 0.5) is 0 Å². The second-order valence-corrected chi connectivity index (χ2v) is 2.41. The number of rotatable bonds is 4. The topological polar surface area (TPSA) is 87.2 Å². The van der Waals surface area contributed by atoms with Crippen LogP contribution in [0.2, 0.25) is 0 Å². The van der Waals surface area contributed by atoms with E-state index in [1.807, 2.05) is 0 Å². The monoisotopic (exact) mass is 181 g/mol. The maximum atomic E-state index is 11.1. The molecule has 0 unspecified atom stereocenters. The molecule has 0 saturated carbocycles. The third-order valence-electron chi connectivity index (χ3n) is 1.46. The Morgan fingerprint density at radius 2 is 2.08 bits per heavy atom. The number of hydrogen-bond donors (Lipinski definition) is 2. The third kappa shape index (κ3) is 2.26. The summed E-state index contributed by atoms with van der Waals surface area (Å²) < 4.78 is 0. The van der Waals surface area contributed by atoms with Gasteiger partial charge in [-0.05, 0) is 12.1 Å². The molecule has 1 aromatic rings. The molecule has 0 aliphatic carbocycles. The maximum Gasteiger partial charge on any atom is 0.372 e. The van der Waals surface area contributed by atoms with Gasteiger partial charge in [0.05, 0.1) is 12.1 Å². The van der Waals surface area contributed by atoms with Gasteiger partial charge in [0.1, 0.15) is 0 Å². The lowest BCUT2D eigenvalue weighted by atomic mass is 10.1. The van der Waals surface area contributed by atoms with E-state index >= 15 is 0 Å². The Bertz CT molecular complexity index is 339. The molecule has 68 valence electrons. The average Bonchev–Trinajstić information content (AvgIpc) is 2.55. The van der Waals surface area contributed by atoms with Crippen molar-refractivity contribution >= 4 is 17.5 Å². The number of H-pyrrole nitrogens is 1. The van der Waals surface area contributed by atoms with Crippen molar-refractivity contribution in [1.82, 2.24) is 4.98 Å². The lowest BCUT2D eigenvalue weighted by Gasteiger charge is -1.93. The molecule has 0 aromatic carbocycles. The molecule has 0 saturated heterocycles. The maximum absolute atomic E-state index is 11.1. The average molecular weight is 181 g/mol. The van der Waals surface area contributed by atoms with Crippen molar-refractivity contribution in [3.05, 3.63) is 24.0 Å². The quantitative estimate of drug-likeness (QED) is 0.395. The zero-order valence-corrected chi connectivity index (χ0v) is 6.61. The Kier molecular flexibility index (Phi) is 2.59. The molecular weight excluding hydrogens is 174 g/mol. The van der Waals surface area contributed by atoms with E-state index in [1.165, 1.54) is 12.3 Å². The van der Waals surface area contributed by atoms with Gasteiger partial charge in [0.2, 0.25) is 5.78 Å². The molecule has 1 heterocycles. The number of aromatic nitrogens is 1. The van der Waals surface area contributed by atoms with Gasteiger partial charge in [-0.3, -0.25) is 9.59 Å². The predicted molar refractivity (Wildman–Crippen MR) is 42.4 cm³/mol. The zero-order valence-electron chi connectivity index (χ0n) is 6.61. The van der Waals surface area contributed by atoms with Crippen molar-refractivity contribution < 1.29 is 19.5 Å². The molecule has 0 aliphatic heterocycles. The third-order valence-corrected chi connectivity index (χ3v) is 1.46. The number of carboxylic acids is 1. The van der Waals surface area contributed by atoms with Gasteiger partial charge in [0.25, 0.3) is 0 Å². The van der Waals surface area contributed by atoms with Crippen LogP contribution in [0.3, 0.4) is 0 Å². The smallest absolute Gasteiger partial charge is 0.372 e. The van der Waals surface area contributed by atoms with Gasteiger partial charge in [0, 0.05) is 6.20 Å². The molecule has 0 spiro atoms. The van der Waals surface area contributed by atoms with E-state index in [-0.39, 0.29) is 5.69 Å². The van der Waals surface area contributed by atoms with Gasteiger partial charge >= 0.3 is 5.97 Å². The van der Waals surface area contributed by atoms with E-state index in [1.54, 1.807) is 6.07 Å². The summed E-state index contributed by atoms with van der Waals surface area (Å²) in [7, 11) is 0. The van der Waals surface area contributed by atoms with Gasteiger partial charge in [-0.1, -0.05) is 0 Å². The fourth-order valence-electron chi connectivity index (χ4n) is 0.820. The van der Waals surface area contributed by atoms with Crippen molar-refractivity contribution in [2.45, 2.75) is 6.42 Å². The zero-order chi connectivity index (χ0) is 9.84. The first-order valence-electron chi connectivity index (χ1n) is 3.54. The number of aliphatic carboxylic acids is 1. The lowest BCUT2D eigenvalue weighted by Crippen LogP contribution is -2.17. The highest BCUT2D eigenvalue weighted by atomic mass is 16.4. The number of hydrogen-bond acceptors (Lipinski definition) is 3. The van der Waals surface area contributed by atoms with Crippen molar-refractivity contribution in [3.63, 3.8) is 0 Å². The van der Waals surface area contributed by atoms with Crippen LogP contribution >= 0.6 is 0 Å². The van der Waals surface area contributed by atoms with Gasteiger partial charge < -0.3 is 10.1 Å². The van der Waals surface area contributed by atoms with E-state index in [9.17, 15) is 14.4 Å². The number of carbonyl (C=O) groups is 3. The largest absolute Gasteiger partial charge is 0.475 e. The first-order valence-corrected chi connectivity index (χ1v) is 3.54. The van der Waals surface area contributed by atoms with Crippen molar-refractivity contribution in [2.75, 3.05) is 0 Å². The van der Waals surface area contributed by atoms with E-state index in [2.05, 4.69) is 4.98 Å². The summed E-state index contributed by atoms with van der Waals surface area (Å²) in [5.41, 5.74) is 0.245. The summed E-state index contributed by atoms with van der Waals surface area (Å²) in [5, 5.41) is 8.22. The molecule has 0 bridgehead atoms. The van der Waals surface area contributed by atoms with Crippen LogP contribution in [0.25, 0.3) is 0 Å². The molecule has 5 nitrogen and oxygen atoms in total. The number of aromatic amines is 1. The highest BCUT2D eigenvalue weighted by Crippen LogP contribution is 2.00. The van der Waals surface area contributed by atoms with Gasteiger partial charge in [-0.25, -0.2) is 4.79 Å². The molecule has 2 N–H and O–H groups in total. The summed E-state index contributed by atoms with van der Waals surface area (Å²) in [6.07, 6.45) is 0.925. The Balaban J connectivity index is 2.62. The molecule has 0 atom stereocenters. The molecular formula is C8H7NO4. The van der Waals surface area contributed by atoms with Gasteiger partial charge in [-0.2, -0.15) is 0 Å². The minimum absolute atomic E-state index is 0.245. The molecule has 0 radical (unpaired) electrons. The van der Waals surface area contributed by atoms with Gasteiger partial charge in [0.15, 0.2) is 5.78 Å². The van der Waals surface area contributed by atoms with E-state index < -0.39 is 24.0 Å². The van der Waals surface area contributed by atoms with E-state index in [4.69, 9.17) is 5.11 Å². The fourth-order valence-corrected chi connectivity index (χ4v) is 0.820. The highest BCUT2D eigenvalue weighted by Gasteiger charge is 2.17. The highest BCUT2D eigenvalue weighted by molar-refractivity contribution is 6.37. The Labute approximate surface area is 73.4 Å². The normalized spacial score (nSPS) is 9.54. The summed E-state index contributed by atoms with van der Waals surface area (Å²) >= 11 is 0. The molecule has 0 amide bonds. The molecule has 0 fully saturated rings. The SMILES string of the molecule is O=C(O)C(=O)CC(=O)c1ccc[nH]1. The van der Waals surface area contributed by atoms with E-state index in [0.29, 0.717) is 0 Å². The van der Waals surface area contributed by atoms with Gasteiger partial charge in [-0.15, -0.1) is 0 Å². The molecule has 1 aromatic heterocycles. The Hall–Kier alpha value is -1.91. The second-order valence-electron chi connectivity index (χ2n) is 2.41. The van der Waals surface area contributed by atoms with E-state index in [0.717, 1.165) is 0 Å². The number of nitrogens with one attached hydrogen (secondary N) is 1. The van der Waals surface area contributed by atoms with Crippen molar-refractivity contribution in [1.29, 1.82) is 0 Å². The molecule has 5 heteroatoms. The molecule has 13 heavy (non-hydrogen) atoms. The summed E-state index contributed by atoms with van der Waals surface area (Å²) in [6, 6.07) is 3.08. The van der Waals surface area contributed by atoms with Crippen LogP contribution in [0, 0.1) is 0 Å². The summed E-state index contributed by atoms with van der Waals surface area (Å²) in [4.78, 5) is 34.4. The van der Waals surface area contributed by atoms with Crippen LogP contribution in [-0.2, 0) is 9.59 Å². The summed E-state index contributed by atoms with van der Waals surface area (Å²) in [6.45, 7) is 0. The van der Waals surface area contributed by atoms with Crippen molar-refractivity contribution in [2.24, 2.45) is 0 Å². The Morgan fingerprint density at radius 3 is 2.54 bits per heavy atom. The van der Waals surface area contributed by atoms with Crippen LogP contribution in [0.1, 0.15) is 16.9 Å². The van der Waals surface area contributed by atoms with Crippen LogP contribution in [0.5, 0.6) is 0 Å². The number of ketones is 2. The first-order chi connectivity index (χ1) is 6.11. The first kappa shape index (κ1) is 9.18. The van der Waals surface area contributed by atoms with Crippen LogP contribution in [-0.4, -0.2) is 27.6 Å². The molecule has 1 rings (SSSR count). The van der Waals surface area contributed by atoms with Crippen LogP contribution in [0.15, 0.2) is 18.3 Å².